The molecule has 8 heteroatoms. The number of rotatable bonds is 9. The highest BCUT2D eigenvalue weighted by Crippen LogP contribution is 2.34. The lowest BCUT2D eigenvalue weighted by Crippen LogP contribution is -2.34. The summed E-state index contributed by atoms with van der Waals surface area (Å²) >= 11 is 6.59. The Hall–Kier alpha value is -2.84. The molecule has 0 aromatic heterocycles. The van der Waals surface area contributed by atoms with Crippen molar-refractivity contribution in [3.05, 3.63) is 64.6 Å². The number of nitrogens with zero attached hydrogens (tertiary/aromatic N) is 1. The highest BCUT2D eigenvalue weighted by atomic mass is 32.2. The van der Waals surface area contributed by atoms with E-state index in [2.05, 4.69) is 5.32 Å². The van der Waals surface area contributed by atoms with Crippen molar-refractivity contribution in [2.45, 2.75) is 12.8 Å². The van der Waals surface area contributed by atoms with Crippen molar-refractivity contribution < 1.29 is 19.1 Å². The molecular formula is C23H24N2O4S2. The van der Waals surface area contributed by atoms with Gasteiger partial charge in [-0.2, -0.15) is 0 Å². The predicted molar refractivity (Wildman–Crippen MR) is 127 cm³/mol. The average Bonchev–Trinajstić information content (AvgIpc) is 3.05. The van der Waals surface area contributed by atoms with Crippen molar-refractivity contribution in [1.82, 2.24) is 10.2 Å². The number of thiocarbonyl (C=S) groups is 1. The number of amides is 2. The summed E-state index contributed by atoms with van der Waals surface area (Å²) in [5, 5.41) is 2.89. The quantitative estimate of drug-likeness (QED) is 0.459. The molecule has 1 fully saturated rings. The molecule has 3 rings (SSSR count). The molecule has 31 heavy (non-hydrogen) atoms. The van der Waals surface area contributed by atoms with Crippen LogP contribution in [0.1, 0.15) is 17.5 Å². The molecule has 0 saturated carbocycles. The fraction of sp³-hybridized carbons (Fsp3) is 0.261. The molecule has 1 aliphatic rings. The summed E-state index contributed by atoms with van der Waals surface area (Å²) in [5.41, 5.74) is 1.97. The molecule has 0 spiro atoms. The van der Waals surface area contributed by atoms with Gasteiger partial charge in [0.05, 0.1) is 19.1 Å². The summed E-state index contributed by atoms with van der Waals surface area (Å²) in [6, 6.07) is 15.4. The van der Waals surface area contributed by atoms with Gasteiger partial charge in [0, 0.05) is 19.5 Å². The van der Waals surface area contributed by atoms with Crippen LogP contribution in [0.5, 0.6) is 11.5 Å². The zero-order valence-electron chi connectivity index (χ0n) is 17.4. The van der Waals surface area contributed by atoms with Crippen LogP contribution in [0.4, 0.5) is 0 Å². The monoisotopic (exact) mass is 456 g/mol. The molecule has 1 saturated heterocycles. The van der Waals surface area contributed by atoms with E-state index in [4.69, 9.17) is 21.7 Å². The molecule has 0 radical (unpaired) electrons. The lowest BCUT2D eigenvalue weighted by atomic mass is 10.1. The Bertz CT molecular complexity index is 992. The molecule has 2 aromatic carbocycles. The summed E-state index contributed by atoms with van der Waals surface area (Å²) in [5.74, 6) is 0.903. The van der Waals surface area contributed by atoms with Crippen molar-refractivity contribution in [2.75, 3.05) is 27.3 Å². The van der Waals surface area contributed by atoms with Gasteiger partial charge in [-0.1, -0.05) is 60.4 Å². The molecule has 1 N–H and O–H groups in total. The van der Waals surface area contributed by atoms with Gasteiger partial charge in [0.1, 0.15) is 4.32 Å². The van der Waals surface area contributed by atoms with Gasteiger partial charge in [0.25, 0.3) is 5.91 Å². The second-order valence-corrected chi connectivity index (χ2v) is 8.46. The summed E-state index contributed by atoms with van der Waals surface area (Å²) in [6.07, 6.45) is 2.73. The number of hydrogen-bond donors (Lipinski definition) is 1. The Morgan fingerprint density at radius 1 is 1.13 bits per heavy atom. The molecule has 1 heterocycles. The van der Waals surface area contributed by atoms with Gasteiger partial charge in [0.2, 0.25) is 5.91 Å². The van der Waals surface area contributed by atoms with Crippen molar-refractivity contribution in [3.63, 3.8) is 0 Å². The molecule has 0 unspecified atom stereocenters. The standard InChI is InChI=1S/C23H24N2O4S2/c1-28-18-9-8-17(14-19(18)29-2)15-20-22(27)25(23(30)31-20)13-11-21(26)24-12-10-16-6-4-3-5-7-16/h3-9,14-15H,10-13H2,1-2H3,(H,24,26)/b20-15-. The van der Waals surface area contributed by atoms with Crippen LogP contribution >= 0.6 is 24.0 Å². The summed E-state index contributed by atoms with van der Waals surface area (Å²) in [7, 11) is 3.13. The minimum Gasteiger partial charge on any atom is -0.493 e. The highest BCUT2D eigenvalue weighted by Gasteiger charge is 2.32. The summed E-state index contributed by atoms with van der Waals surface area (Å²) in [6.45, 7) is 0.811. The largest absolute Gasteiger partial charge is 0.493 e. The van der Waals surface area contributed by atoms with Crippen molar-refractivity contribution in [3.8, 4) is 11.5 Å². The van der Waals surface area contributed by atoms with Crippen LogP contribution in [0.15, 0.2) is 53.4 Å². The first kappa shape index (κ1) is 22.8. The first-order valence-corrected chi connectivity index (χ1v) is 11.0. The van der Waals surface area contributed by atoms with Crippen molar-refractivity contribution in [2.24, 2.45) is 0 Å². The Kier molecular flexibility index (Phi) is 8.08. The average molecular weight is 457 g/mol. The van der Waals surface area contributed by atoms with E-state index in [1.807, 2.05) is 36.4 Å². The Morgan fingerprint density at radius 3 is 2.58 bits per heavy atom. The second kappa shape index (κ2) is 11.0. The molecule has 2 amide bonds. The Balaban J connectivity index is 1.54. The maximum atomic E-state index is 12.8. The number of methoxy groups -OCH3 is 2. The molecule has 6 nitrogen and oxygen atoms in total. The van der Waals surface area contributed by atoms with Gasteiger partial charge in [0.15, 0.2) is 11.5 Å². The Labute approximate surface area is 191 Å². The molecule has 162 valence electrons. The zero-order chi connectivity index (χ0) is 22.2. The van der Waals surface area contributed by atoms with Gasteiger partial charge in [-0.25, -0.2) is 0 Å². The van der Waals surface area contributed by atoms with Crippen LogP contribution in [-0.4, -0.2) is 48.3 Å². The predicted octanol–water partition coefficient (Wildman–Crippen LogP) is 3.65. The number of hydrogen-bond acceptors (Lipinski definition) is 6. The van der Waals surface area contributed by atoms with Gasteiger partial charge in [-0.15, -0.1) is 0 Å². The molecule has 1 aliphatic heterocycles. The van der Waals surface area contributed by atoms with E-state index in [1.54, 1.807) is 32.4 Å². The van der Waals surface area contributed by atoms with Crippen LogP contribution in [0.2, 0.25) is 0 Å². The number of nitrogens with one attached hydrogen (secondary N) is 1. The van der Waals surface area contributed by atoms with Crippen LogP contribution in [0.25, 0.3) is 6.08 Å². The Morgan fingerprint density at radius 2 is 1.87 bits per heavy atom. The lowest BCUT2D eigenvalue weighted by molar-refractivity contribution is -0.123. The molecular weight excluding hydrogens is 432 g/mol. The van der Waals surface area contributed by atoms with E-state index in [1.165, 1.54) is 22.2 Å². The van der Waals surface area contributed by atoms with E-state index >= 15 is 0 Å². The van der Waals surface area contributed by atoms with E-state index in [9.17, 15) is 9.59 Å². The molecule has 0 atom stereocenters. The third kappa shape index (κ3) is 6.08. The van der Waals surface area contributed by atoms with Gasteiger partial charge in [-0.05, 0) is 35.8 Å². The van der Waals surface area contributed by atoms with E-state index in [0.717, 1.165) is 12.0 Å². The summed E-state index contributed by atoms with van der Waals surface area (Å²) < 4.78 is 11.0. The highest BCUT2D eigenvalue weighted by molar-refractivity contribution is 8.26. The van der Waals surface area contributed by atoms with Gasteiger partial charge in [-0.3, -0.25) is 14.5 Å². The van der Waals surface area contributed by atoms with E-state index < -0.39 is 0 Å². The summed E-state index contributed by atoms with van der Waals surface area (Å²) in [4.78, 5) is 26.9. The molecule has 0 bridgehead atoms. The van der Waals surface area contributed by atoms with Crippen LogP contribution in [0, 0.1) is 0 Å². The number of carbonyl (C=O) groups excluding carboxylic acids is 2. The van der Waals surface area contributed by atoms with E-state index in [0.29, 0.717) is 27.3 Å². The minimum absolute atomic E-state index is 0.103. The lowest BCUT2D eigenvalue weighted by Gasteiger charge is -2.14. The van der Waals surface area contributed by atoms with Crippen LogP contribution in [0.3, 0.4) is 0 Å². The number of thioether (sulfide) groups is 1. The topological polar surface area (TPSA) is 67.9 Å². The SMILES string of the molecule is COc1ccc(/C=C2\SC(=S)N(CCC(=O)NCCc3ccccc3)C2=O)cc1OC. The second-order valence-electron chi connectivity index (χ2n) is 6.78. The minimum atomic E-state index is -0.193. The fourth-order valence-corrected chi connectivity index (χ4v) is 4.39. The van der Waals surface area contributed by atoms with Crippen molar-refractivity contribution >= 4 is 46.2 Å². The van der Waals surface area contributed by atoms with E-state index in [-0.39, 0.29) is 24.8 Å². The fourth-order valence-electron chi connectivity index (χ4n) is 3.08. The maximum absolute atomic E-state index is 12.8. The van der Waals surface area contributed by atoms with Gasteiger partial charge < -0.3 is 14.8 Å². The molecule has 0 aliphatic carbocycles. The smallest absolute Gasteiger partial charge is 0.266 e. The van der Waals surface area contributed by atoms with Crippen LogP contribution in [-0.2, 0) is 16.0 Å². The van der Waals surface area contributed by atoms with Gasteiger partial charge >= 0.3 is 0 Å². The van der Waals surface area contributed by atoms with Crippen LogP contribution < -0.4 is 14.8 Å². The normalized spacial score (nSPS) is 14.8. The number of carbonyl (C=O) groups is 2. The zero-order valence-corrected chi connectivity index (χ0v) is 19.1. The third-order valence-corrected chi connectivity index (χ3v) is 6.10. The first-order chi connectivity index (χ1) is 15.0. The number of ether oxygens (including phenoxy) is 2. The first-order valence-electron chi connectivity index (χ1n) is 9.80. The number of benzene rings is 2. The maximum Gasteiger partial charge on any atom is 0.266 e. The third-order valence-electron chi connectivity index (χ3n) is 4.72. The molecule has 2 aromatic rings. The van der Waals surface area contributed by atoms with Crippen molar-refractivity contribution in [1.29, 1.82) is 0 Å².